The molecule has 84 valence electrons. The molecule has 0 radical (unpaired) electrons. The maximum atomic E-state index is 5.47. The molecule has 1 aromatic heterocycles. The van der Waals surface area contributed by atoms with Gasteiger partial charge in [-0.1, -0.05) is 13.8 Å². The lowest BCUT2D eigenvalue weighted by Crippen LogP contribution is -2.05. The first kappa shape index (κ1) is 11.8. The van der Waals surface area contributed by atoms with Crippen LogP contribution in [0.25, 0.3) is 0 Å². The van der Waals surface area contributed by atoms with Gasteiger partial charge in [0.2, 0.25) is 5.88 Å². The van der Waals surface area contributed by atoms with Crippen molar-refractivity contribution in [3.05, 3.63) is 11.9 Å². The molecule has 0 amide bonds. The second kappa shape index (κ2) is 6.22. The third-order valence-corrected chi connectivity index (χ3v) is 1.82. The molecule has 4 nitrogen and oxygen atoms in total. The summed E-state index contributed by atoms with van der Waals surface area (Å²) in [6.07, 6.45) is 2.06. The van der Waals surface area contributed by atoms with Crippen molar-refractivity contribution in [1.29, 1.82) is 0 Å². The first-order chi connectivity index (χ1) is 7.26. The van der Waals surface area contributed by atoms with Gasteiger partial charge in [0.05, 0.1) is 6.61 Å². The highest BCUT2D eigenvalue weighted by molar-refractivity contribution is 5.38. The smallest absolute Gasteiger partial charge is 0.218 e. The highest BCUT2D eigenvalue weighted by atomic mass is 16.5. The Morgan fingerprint density at radius 1 is 1.27 bits per heavy atom. The van der Waals surface area contributed by atoms with Crippen LogP contribution in [0, 0.1) is 6.92 Å². The van der Waals surface area contributed by atoms with Gasteiger partial charge < -0.3 is 10.1 Å². The quantitative estimate of drug-likeness (QED) is 0.781. The van der Waals surface area contributed by atoms with E-state index in [0.29, 0.717) is 12.5 Å². The average Bonchev–Trinajstić information content (AvgIpc) is 2.23. The summed E-state index contributed by atoms with van der Waals surface area (Å²) < 4.78 is 5.47. The van der Waals surface area contributed by atoms with Gasteiger partial charge in [-0.3, -0.25) is 0 Å². The van der Waals surface area contributed by atoms with Gasteiger partial charge in [-0.15, -0.1) is 0 Å². The zero-order valence-electron chi connectivity index (χ0n) is 9.71. The number of aryl methyl sites for hydroxylation is 1. The molecule has 0 spiro atoms. The van der Waals surface area contributed by atoms with E-state index in [1.165, 1.54) is 0 Å². The number of hydrogen-bond acceptors (Lipinski definition) is 4. The highest BCUT2D eigenvalue weighted by Gasteiger charge is 2.01. The van der Waals surface area contributed by atoms with E-state index in [0.717, 1.165) is 31.0 Å². The average molecular weight is 209 g/mol. The zero-order chi connectivity index (χ0) is 11.1. The van der Waals surface area contributed by atoms with Crippen molar-refractivity contribution in [3.63, 3.8) is 0 Å². The van der Waals surface area contributed by atoms with Gasteiger partial charge in [-0.25, -0.2) is 4.98 Å². The minimum atomic E-state index is 0.656. The fraction of sp³-hybridized carbons (Fsp3) is 0.636. The van der Waals surface area contributed by atoms with Crippen molar-refractivity contribution in [3.8, 4) is 5.88 Å². The summed E-state index contributed by atoms with van der Waals surface area (Å²) in [6.45, 7) is 7.68. The van der Waals surface area contributed by atoms with Crippen molar-refractivity contribution in [2.45, 2.75) is 33.6 Å². The summed E-state index contributed by atoms with van der Waals surface area (Å²) in [7, 11) is 0. The Morgan fingerprint density at radius 2 is 2.07 bits per heavy atom. The predicted molar refractivity (Wildman–Crippen MR) is 61.3 cm³/mol. The van der Waals surface area contributed by atoms with E-state index in [1.54, 1.807) is 0 Å². The third kappa shape index (κ3) is 4.14. The zero-order valence-corrected chi connectivity index (χ0v) is 9.71. The van der Waals surface area contributed by atoms with Crippen LogP contribution in [0.3, 0.4) is 0 Å². The largest absolute Gasteiger partial charge is 0.478 e. The van der Waals surface area contributed by atoms with Crippen molar-refractivity contribution in [1.82, 2.24) is 9.97 Å². The lowest BCUT2D eigenvalue weighted by atomic mass is 10.4. The minimum absolute atomic E-state index is 0.656. The van der Waals surface area contributed by atoms with Crippen LogP contribution in [0.4, 0.5) is 5.82 Å². The fourth-order valence-electron chi connectivity index (χ4n) is 1.16. The van der Waals surface area contributed by atoms with Crippen LogP contribution in [0.5, 0.6) is 5.88 Å². The Labute approximate surface area is 91.1 Å². The van der Waals surface area contributed by atoms with Gasteiger partial charge in [0.25, 0.3) is 0 Å². The number of rotatable bonds is 6. The molecule has 0 aromatic carbocycles. The van der Waals surface area contributed by atoms with Gasteiger partial charge in [-0.05, 0) is 19.8 Å². The Kier molecular flexibility index (Phi) is 4.87. The van der Waals surface area contributed by atoms with Gasteiger partial charge in [0.15, 0.2) is 0 Å². The highest BCUT2D eigenvalue weighted by Crippen LogP contribution is 2.13. The van der Waals surface area contributed by atoms with Crippen LogP contribution in [-0.4, -0.2) is 23.1 Å². The normalized spacial score (nSPS) is 10.1. The molecule has 0 unspecified atom stereocenters. The summed E-state index contributed by atoms with van der Waals surface area (Å²) in [5.74, 6) is 2.24. The lowest BCUT2D eigenvalue weighted by molar-refractivity contribution is 0.304. The van der Waals surface area contributed by atoms with Crippen LogP contribution < -0.4 is 10.1 Å². The molecule has 0 aliphatic carbocycles. The number of nitrogens with zero attached hydrogens (tertiary/aromatic N) is 2. The molecule has 0 bridgehead atoms. The number of nitrogens with one attached hydrogen (secondary N) is 1. The molecule has 15 heavy (non-hydrogen) atoms. The number of anilines is 1. The van der Waals surface area contributed by atoms with Crippen molar-refractivity contribution in [2.24, 2.45) is 0 Å². The molecule has 0 aliphatic heterocycles. The SMILES string of the molecule is CCCNc1cc(OCCC)nc(C)n1. The van der Waals surface area contributed by atoms with E-state index >= 15 is 0 Å². The maximum Gasteiger partial charge on any atom is 0.218 e. The molecule has 4 heteroatoms. The first-order valence-electron chi connectivity index (χ1n) is 5.48. The molecular weight excluding hydrogens is 190 g/mol. The summed E-state index contributed by atoms with van der Waals surface area (Å²) in [5, 5.41) is 3.22. The van der Waals surface area contributed by atoms with E-state index < -0.39 is 0 Å². The Balaban J connectivity index is 2.66. The van der Waals surface area contributed by atoms with E-state index in [2.05, 4.69) is 29.1 Å². The van der Waals surface area contributed by atoms with Crippen LogP contribution in [0.1, 0.15) is 32.5 Å². The van der Waals surface area contributed by atoms with Gasteiger partial charge in [0.1, 0.15) is 11.6 Å². The molecule has 0 saturated carbocycles. The summed E-state index contributed by atoms with van der Waals surface area (Å²) >= 11 is 0. The second-order valence-corrected chi connectivity index (χ2v) is 3.41. The molecule has 1 N–H and O–H groups in total. The minimum Gasteiger partial charge on any atom is -0.478 e. The predicted octanol–water partition coefficient (Wildman–Crippen LogP) is 2.40. The van der Waals surface area contributed by atoms with Crippen molar-refractivity contribution in [2.75, 3.05) is 18.5 Å². The topological polar surface area (TPSA) is 47.0 Å². The molecule has 0 aliphatic rings. The molecular formula is C11H19N3O. The number of hydrogen-bond donors (Lipinski definition) is 1. The molecule has 0 atom stereocenters. The first-order valence-corrected chi connectivity index (χ1v) is 5.48. The van der Waals surface area contributed by atoms with Crippen molar-refractivity contribution >= 4 is 5.82 Å². The van der Waals surface area contributed by atoms with Crippen LogP contribution >= 0.6 is 0 Å². The second-order valence-electron chi connectivity index (χ2n) is 3.41. The Hall–Kier alpha value is -1.32. The Bertz CT molecular complexity index is 276. The maximum absolute atomic E-state index is 5.47. The van der Waals surface area contributed by atoms with Gasteiger partial charge in [-0.2, -0.15) is 4.98 Å². The van der Waals surface area contributed by atoms with Crippen molar-refractivity contribution < 1.29 is 4.74 Å². The summed E-state index contributed by atoms with van der Waals surface area (Å²) in [4.78, 5) is 8.48. The van der Waals surface area contributed by atoms with Crippen LogP contribution in [0.15, 0.2) is 6.07 Å². The van der Waals surface area contributed by atoms with E-state index in [-0.39, 0.29) is 0 Å². The molecule has 1 rings (SSSR count). The lowest BCUT2D eigenvalue weighted by Gasteiger charge is -2.08. The van der Waals surface area contributed by atoms with Gasteiger partial charge in [0, 0.05) is 12.6 Å². The molecule has 0 saturated heterocycles. The number of aromatic nitrogens is 2. The van der Waals surface area contributed by atoms with Crippen LogP contribution in [-0.2, 0) is 0 Å². The van der Waals surface area contributed by atoms with E-state index in [4.69, 9.17) is 4.74 Å². The molecule has 1 heterocycles. The van der Waals surface area contributed by atoms with E-state index in [1.807, 2.05) is 13.0 Å². The fourth-order valence-corrected chi connectivity index (χ4v) is 1.16. The number of ether oxygens (including phenoxy) is 1. The summed E-state index contributed by atoms with van der Waals surface area (Å²) in [5.41, 5.74) is 0. The Morgan fingerprint density at radius 3 is 2.73 bits per heavy atom. The molecule has 1 aromatic rings. The van der Waals surface area contributed by atoms with E-state index in [9.17, 15) is 0 Å². The monoisotopic (exact) mass is 209 g/mol. The third-order valence-electron chi connectivity index (χ3n) is 1.82. The molecule has 0 fully saturated rings. The van der Waals surface area contributed by atoms with Gasteiger partial charge >= 0.3 is 0 Å². The van der Waals surface area contributed by atoms with Crippen LogP contribution in [0.2, 0.25) is 0 Å². The standard InChI is InChI=1S/C11H19N3O/c1-4-6-12-10-8-11(15-7-5-2)14-9(3)13-10/h8H,4-7H2,1-3H3,(H,12,13,14). The summed E-state index contributed by atoms with van der Waals surface area (Å²) in [6, 6.07) is 1.85.